The first-order valence-corrected chi connectivity index (χ1v) is 9.21. The van der Waals surface area contributed by atoms with Crippen LogP contribution < -0.4 is 10.2 Å². The van der Waals surface area contributed by atoms with Gasteiger partial charge >= 0.3 is 0 Å². The minimum absolute atomic E-state index is 0.0953. The van der Waals surface area contributed by atoms with Gasteiger partial charge in [0, 0.05) is 17.8 Å². The summed E-state index contributed by atoms with van der Waals surface area (Å²) in [5.41, 5.74) is 3.92. The van der Waals surface area contributed by atoms with E-state index in [0.29, 0.717) is 15.1 Å². The van der Waals surface area contributed by atoms with Gasteiger partial charge < -0.3 is 10.2 Å². The SMILES string of the molecule is CCN1c2ccc(/C=C3/SC(=S)NC3=O)cc2[C@H](C)CC1(C)C. The zero-order valence-corrected chi connectivity index (χ0v) is 15.6. The van der Waals surface area contributed by atoms with Crippen molar-refractivity contribution in [3.63, 3.8) is 0 Å². The van der Waals surface area contributed by atoms with Crippen molar-refractivity contribution in [1.29, 1.82) is 0 Å². The second kappa shape index (κ2) is 5.95. The lowest BCUT2D eigenvalue weighted by Crippen LogP contribution is -2.48. The van der Waals surface area contributed by atoms with Crippen molar-refractivity contribution in [2.75, 3.05) is 11.4 Å². The molecule has 5 heteroatoms. The molecule has 0 radical (unpaired) electrons. The molecule has 3 rings (SSSR count). The van der Waals surface area contributed by atoms with E-state index < -0.39 is 0 Å². The van der Waals surface area contributed by atoms with Crippen LogP contribution in [0.2, 0.25) is 0 Å². The first-order chi connectivity index (χ1) is 10.8. The normalized spacial score (nSPS) is 24.8. The van der Waals surface area contributed by atoms with E-state index in [4.69, 9.17) is 12.2 Å². The molecule has 1 atom stereocenters. The van der Waals surface area contributed by atoms with Crippen molar-refractivity contribution in [3.05, 3.63) is 34.2 Å². The molecule has 1 saturated heterocycles. The number of carbonyl (C=O) groups is 1. The number of thiocarbonyl (C=S) groups is 1. The molecule has 122 valence electrons. The third-order valence-corrected chi connectivity index (χ3v) is 5.83. The topological polar surface area (TPSA) is 32.3 Å². The van der Waals surface area contributed by atoms with Gasteiger partial charge in [-0.25, -0.2) is 0 Å². The maximum atomic E-state index is 11.8. The Labute approximate surface area is 147 Å². The number of nitrogens with zero attached hydrogens (tertiary/aromatic N) is 1. The molecule has 0 saturated carbocycles. The van der Waals surface area contributed by atoms with Gasteiger partial charge in [0.05, 0.1) is 4.91 Å². The first-order valence-electron chi connectivity index (χ1n) is 7.98. The molecule has 0 bridgehead atoms. The summed E-state index contributed by atoms with van der Waals surface area (Å²) in [5.74, 6) is 0.411. The molecule has 1 fully saturated rings. The molecule has 1 N–H and O–H groups in total. The van der Waals surface area contributed by atoms with Crippen molar-refractivity contribution >= 4 is 46.0 Å². The van der Waals surface area contributed by atoms with Crippen molar-refractivity contribution in [1.82, 2.24) is 5.32 Å². The molecule has 0 aliphatic carbocycles. The van der Waals surface area contributed by atoms with Gasteiger partial charge in [0.1, 0.15) is 4.32 Å². The quantitative estimate of drug-likeness (QED) is 0.640. The second-order valence-electron chi connectivity index (χ2n) is 6.83. The van der Waals surface area contributed by atoms with E-state index in [1.54, 1.807) is 0 Å². The zero-order chi connectivity index (χ0) is 16.8. The molecule has 2 heterocycles. The van der Waals surface area contributed by atoms with Gasteiger partial charge in [-0.1, -0.05) is 37.0 Å². The van der Waals surface area contributed by atoms with Crippen molar-refractivity contribution in [3.8, 4) is 0 Å². The summed E-state index contributed by atoms with van der Waals surface area (Å²) in [6, 6.07) is 6.51. The molecule has 0 unspecified atom stereocenters. The van der Waals surface area contributed by atoms with E-state index in [1.807, 2.05) is 6.08 Å². The summed E-state index contributed by atoms with van der Waals surface area (Å²) in [4.78, 5) is 15.0. The van der Waals surface area contributed by atoms with Gasteiger partial charge in [0.2, 0.25) is 0 Å². The van der Waals surface area contributed by atoms with Gasteiger partial charge in [-0.05, 0) is 62.4 Å². The summed E-state index contributed by atoms with van der Waals surface area (Å²) in [6.45, 7) is 10.1. The third-order valence-electron chi connectivity index (χ3n) is 4.67. The number of thioether (sulfide) groups is 1. The summed E-state index contributed by atoms with van der Waals surface area (Å²) in [6.07, 6.45) is 3.07. The molecule has 2 aliphatic heterocycles. The summed E-state index contributed by atoms with van der Waals surface area (Å²) in [7, 11) is 0. The van der Waals surface area contributed by atoms with E-state index in [-0.39, 0.29) is 11.4 Å². The Morgan fingerprint density at radius 1 is 1.48 bits per heavy atom. The highest BCUT2D eigenvalue weighted by atomic mass is 32.2. The number of anilines is 1. The molecule has 0 aromatic heterocycles. The lowest BCUT2D eigenvalue weighted by Gasteiger charge is -2.47. The molecule has 1 aromatic carbocycles. The molecular formula is C18H22N2OS2. The van der Waals surface area contributed by atoms with Crippen molar-refractivity contribution < 1.29 is 4.79 Å². The Hall–Kier alpha value is -1.33. The number of rotatable bonds is 2. The molecule has 1 amide bonds. The van der Waals surface area contributed by atoms with E-state index in [1.165, 1.54) is 23.0 Å². The van der Waals surface area contributed by atoms with Crippen LogP contribution >= 0.6 is 24.0 Å². The number of benzene rings is 1. The lowest BCUT2D eigenvalue weighted by molar-refractivity contribution is -0.115. The Bertz CT molecular complexity index is 709. The van der Waals surface area contributed by atoms with Crippen LogP contribution in [0.3, 0.4) is 0 Å². The highest BCUT2D eigenvalue weighted by Gasteiger charge is 2.35. The standard InChI is InChI=1S/C18H22N2OS2/c1-5-20-14-7-6-12(9-15-16(21)19-17(22)23-15)8-13(14)11(2)10-18(20,3)4/h6-9,11H,5,10H2,1-4H3,(H,19,21,22)/b15-9+/t11-/m1/s1. The summed E-state index contributed by atoms with van der Waals surface area (Å²) in [5, 5.41) is 2.66. The zero-order valence-electron chi connectivity index (χ0n) is 14.0. The molecule has 2 aliphatic rings. The second-order valence-corrected chi connectivity index (χ2v) is 8.55. The van der Waals surface area contributed by atoms with E-state index in [0.717, 1.165) is 18.5 Å². The van der Waals surface area contributed by atoms with Crippen LogP contribution in [0.4, 0.5) is 5.69 Å². The van der Waals surface area contributed by atoms with Crippen molar-refractivity contribution in [2.45, 2.75) is 45.6 Å². The molecule has 3 nitrogen and oxygen atoms in total. The smallest absolute Gasteiger partial charge is 0.263 e. The number of nitrogens with one attached hydrogen (secondary N) is 1. The predicted molar refractivity (Wildman–Crippen MR) is 103 cm³/mol. The van der Waals surface area contributed by atoms with Gasteiger partial charge in [0.25, 0.3) is 5.91 Å². The van der Waals surface area contributed by atoms with Gasteiger partial charge in [-0.3, -0.25) is 4.79 Å². The number of fused-ring (bicyclic) bond motifs is 1. The fraction of sp³-hybridized carbons (Fsp3) is 0.444. The Morgan fingerprint density at radius 3 is 2.83 bits per heavy atom. The number of carbonyl (C=O) groups excluding carboxylic acids is 1. The average molecular weight is 347 g/mol. The molecular weight excluding hydrogens is 324 g/mol. The van der Waals surface area contributed by atoms with Crippen molar-refractivity contribution in [2.24, 2.45) is 0 Å². The third kappa shape index (κ3) is 3.04. The van der Waals surface area contributed by atoms with E-state index in [2.05, 4.69) is 56.1 Å². The number of hydrogen-bond donors (Lipinski definition) is 1. The predicted octanol–water partition coefficient (Wildman–Crippen LogP) is 4.29. The fourth-order valence-electron chi connectivity index (χ4n) is 3.77. The maximum absolute atomic E-state index is 11.8. The van der Waals surface area contributed by atoms with Crippen LogP contribution in [-0.4, -0.2) is 22.3 Å². The van der Waals surface area contributed by atoms with Gasteiger partial charge in [-0.2, -0.15) is 0 Å². The van der Waals surface area contributed by atoms with Crippen LogP contribution in [0.5, 0.6) is 0 Å². The fourth-order valence-corrected chi connectivity index (χ4v) is 4.81. The number of hydrogen-bond acceptors (Lipinski definition) is 4. The maximum Gasteiger partial charge on any atom is 0.263 e. The Morgan fingerprint density at radius 2 is 2.22 bits per heavy atom. The van der Waals surface area contributed by atoms with E-state index >= 15 is 0 Å². The largest absolute Gasteiger partial charge is 0.366 e. The Kier molecular flexibility index (Phi) is 4.27. The van der Waals surface area contributed by atoms with Crippen LogP contribution in [0.1, 0.15) is 51.2 Å². The highest BCUT2D eigenvalue weighted by Crippen LogP contribution is 2.43. The van der Waals surface area contributed by atoms with Crippen LogP contribution in [0.25, 0.3) is 6.08 Å². The van der Waals surface area contributed by atoms with Crippen LogP contribution in [0, 0.1) is 0 Å². The van der Waals surface area contributed by atoms with Crippen LogP contribution in [-0.2, 0) is 4.79 Å². The molecule has 0 spiro atoms. The number of amides is 1. The average Bonchev–Trinajstić information content (AvgIpc) is 2.77. The minimum atomic E-state index is -0.0953. The van der Waals surface area contributed by atoms with E-state index in [9.17, 15) is 4.79 Å². The summed E-state index contributed by atoms with van der Waals surface area (Å²) >= 11 is 6.38. The van der Waals surface area contributed by atoms with Crippen LogP contribution in [0.15, 0.2) is 23.1 Å². The lowest BCUT2D eigenvalue weighted by atomic mass is 9.79. The monoisotopic (exact) mass is 346 g/mol. The van der Waals surface area contributed by atoms with Gasteiger partial charge in [-0.15, -0.1) is 0 Å². The highest BCUT2D eigenvalue weighted by molar-refractivity contribution is 8.26. The Balaban J connectivity index is 2.00. The minimum Gasteiger partial charge on any atom is -0.366 e. The van der Waals surface area contributed by atoms with Gasteiger partial charge in [0.15, 0.2) is 0 Å². The first kappa shape index (κ1) is 16.5. The molecule has 23 heavy (non-hydrogen) atoms. The summed E-state index contributed by atoms with van der Waals surface area (Å²) < 4.78 is 0.534. The molecule has 1 aromatic rings.